The highest BCUT2D eigenvalue weighted by Crippen LogP contribution is 2.34. The Kier molecular flexibility index (Phi) is 5.24. The van der Waals surface area contributed by atoms with Crippen molar-refractivity contribution in [1.82, 2.24) is 9.80 Å². The largest absolute Gasteiger partial charge is 0.454 e. The monoisotopic (exact) mass is 411 g/mol. The number of nitrogens with zero attached hydrogens (tertiary/aromatic N) is 3. The van der Waals surface area contributed by atoms with Crippen LogP contribution in [0.5, 0.6) is 11.5 Å². The quantitative estimate of drug-likeness (QED) is 0.771. The number of carbonyl (C=O) groups excluding carboxylic acids is 1. The summed E-state index contributed by atoms with van der Waals surface area (Å²) in [4.78, 5) is 20.8. The van der Waals surface area contributed by atoms with Crippen molar-refractivity contribution in [2.45, 2.75) is 11.4 Å². The van der Waals surface area contributed by atoms with Gasteiger partial charge in [0.15, 0.2) is 11.5 Å². The molecule has 0 aliphatic carbocycles. The van der Waals surface area contributed by atoms with Crippen molar-refractivity contribution in [2.75, 3.05) is 56.7 Å². The Labute approximate surface area is 175 Å². The molecule has 1 fully saturated rings. The summed E-state index contributed by atoms with van der Waals surface area (Å²) in [5.41, 5.74) is 2.41. The topological polar surface area (TPSA) is 45.3 Å². The maximum Gasteiger partial charge on any atom is 0.242 e. The number of ether oxygens (including phenoxy) is 2. The first-order chi connectivity index (χ1) is 14.3. The first kappa shape index (κ1) is 18.6. The van der Waals surface area contributed by atoms with Crippen molar-refractivity contribution in [3.63, 3.8) is 0 Å². The van der Waals surface area contributed by atoms with E-state index in [9.17, 15) is 4.79 Å². The molecule has 2 aromatic rings. The molecule has 0 bridgehead atoms. The lowest BCUT2D eigenvalue weighted by molar-refractivity contribution is -0.131. The highest BCUT2D eigenvalue weighted by Gasteiger charge is 2.25. The molecular weight excluding hydrogens is 386 g/mol. The van der Waals surface area contributed by atoms with Crippen LogP contribution in [0, 0.1) is 0 Å². The number of anilines is 1. The van der Waals surface area contributed by atoms with Crippen LogP contribution >= 0.6 is 11.8 Å². The highest BCUT2D eigenvalue weighted by molar-refractivity contribution is 7.99. The average Bonchev–Trinajstić information content (AvgIpc) is 3.22. The molecule has 3 heterocycles. The van der Waals surface area contributed by atoms with Crippen LogP contribution in [-0.4, -0.2) is 67.5 Å². The van der Waals surface area contributed by atoms with Gasteiger partial charge in [-0.25, -0.2) is 0 Å². The summed E-state index contributed by atoms with van der Waals surface area (Å²) in [6, 6.07) is 14.5. The lowest BCUT2D eigenvalue weighted by atomic mass is 10.1. The molecule has 3 aliphatic heterocycles. The second-order valence-electron chi connectivity index (χ2n) is 7.58. The normalized spacial score (nSPS) is 18.6. The second kappa shape index (κ2) is 8.16. The lowest BCUT2D eigenvalue weighted by Crippen LogP contribution is -2.51. The van der Waals surface area contributed by atoms with E-state index in [4.69, 9.17) is 9.47 Å². The molecule has 152 valence electrons. The van der Waals surface area contributed by atoms with Crippen LogP contribution in [0.15, 0.2) is 47.4 Å². The van der Waals surface area contributed by atoms with E-state index in [1.54, 1.807) is 0 Å². The van der Waals surface area contributed by atoms with Crippen LogP contribution < -0.4 is 14.4 Å². The molecule has 1 amide bonds. The second-order valence-corrected chi connectivity index (χ2v) is 8.72. The fourth-order valence-electron chi connectivity index (χ4n) is 4.11. The van der Waals surface area contributed by atoms with E-state index in [2.05, 4.69) is 46.2 Å². The van der Waals surface area contributed by atoms with Crippen LogP contribution in [-0.2, 0) is 11.3 Å². The van der Waals surface area contributed by atoms with E-state index in [1.165, 1.54) is 16.1 Å². The molecule has 0 N–H and O–H groups in total. The predicted octanol–water partition coefficient (Wildman–Crippen LogP) is 2.67. The summed E-state index contributed by atoms with van der Waals surface area (Å²) in [5, 5.41) is 0. The number of benzene rings is 2. The minimum Gasteiger partial charge on any atom is -0.454 e. The van der Waals surface area contributed by atoms with Crippen molar-refractivity contribution in [2.24, 2.45) is 0 Å². The third-order valence-electron chi connectivity index (χ3n) is 5.72. The zero-order chi connectivity index (χ0) is 19.6. The first-order valence-electron chi connectivity index (χ1n) is 10.1. The van der Waals surface area contributed by atoms with Gasteiger partial charge in [0.2, 0.25) is 12.7 Å². The molecule has 0 atom stereocenters. The van der Waals surface area contributed by atoms with Crippen LogP contribution in [0.25, 0.3) is 0 Å². The van der Waals surface area contributed by atoms with Gasteiger partial charge in [-0.1, -0.05) is 18.2 Å². The van der Waals surface area contributed by atoms with Gasteiger partial charge < -0.3 is 19.3 Å². The fraction of sp³-hybridized carbons (Fsp3) is 0.409. The number of thioether (sulfide) groups is 1. The molecule has 0 spiro atoms. The molecule has 0 radical (unpaired) electrons. The number of piperazine rings is 1. The van der Waals surface area contributed by atoms with Gasteiger partial charge in [-0.15, -0.1) is 11.8 Å². The number of hydrogen-bond acceptors (Lipinski definition) is 6. The van der Waals surface area contributed by atoms with Gasteiger partial charge in [0.1, 0.15) is 0 Å². The highest BCUT2D eigenvalue weighted by atomic mass is 32.2. The Morgan fingerprint density at radius 2 is 1.79 bits per heavy atom. The molecule has 1 saturated heterocycles. The summed E-state index contributed by atoms with van der Waals surface area (Å²) in [6.07, 6.45) is 0. The Morgan fingerprint density at radius 3 is 2.69 bits per heavy atom. The smallest absolute Gasteiger partial charge is 0.242 e. The predicted molar refractivity (Wildman–Crippen MR) is 114 cm³/mol. The molecule has 0 saturated carbocycles. The minimum absolute atomic E-state index is 0.231. The minimum atomic E-state index is 0.231. The lowest BCUT2D eigenvalue weighted by Gasteiger charge is -2.37. The van der Waals surface area contributed by atoms with E-state index in [-0.39, 0.29) is 5.91 Å². The van der Waals surface area contributed by atoms with Crippen LogP contribution in [0.3, 0.4) is 0 Å². The number of carbonyl (C=O) groups is 1. The third-order valence-corrected chi connectivity index (χ3v) is 6.76. The van der Waals surface area contributed by atoms with Crippen LogP contribution in [0.2, 0.25) is 0 Å². The van der Waals surface area contributed by atoms with Gasteiger partial charge in [0.25, 0.3) is 0 Å². The summed E-state index contributed by atoms with van der Waals surface area (Å²) in [5.74, 6) is 2.92. The SMILES string of the molecule is O=C(CN1CCSc2ccccc21)N1CCN(Cc2ccc3c(c2)OCO3)CC1. The molecule has 2 aromatic carbocycles. The fourth-order valence-corrected chi connectivity index (χ4v) is 5.16. The molecule has 0 unspecified atom stereocenters. The van der Waals surface area contributed by atoms with Gasteiger partial charge in [-0.05, 0) is 29.8 Å². The summed E-state index contributed by atoms with van der Waals surface area (Å²) >= 11 is 1.87. The number of fused-ring (bicyclic) bond motifs is 2. The van der Waals surface area contributed by atoms with Gasteiger partial charge in [0, 0.05) is 49.9 Å². The van der Waals surface area contributed by atoms with Crippen molar-refractivity contribution in [3.8, 4) is 11.5 Å². The van der Waals surface area contributed by atoms with E-state index in [1.807, 2.05) is 22.7 Å². The van der Waals surface area contributed by atoms with Crippen molar-refractivity contribution in [3.05, 3.63) is 48.0 Å². The Balaban J connectivity index is 1.14. The van der Waals surface area contributed by atoms with Gasteiger partial charge >= 0.3 is 0 Å². The number of amides is 1. The summed E-state index contributed by atoms with van der Waals surface area (Å²) < 4.78 is 10.9. The Morgan fingerprint density at radius 1 is 0.966 bits per heavy atom. The van der Waals surface area contributed by atoms with Crippen LogP contribution in [0.1, 0.15) is 5.56 Å². The zero-order valence-corrected chi connectivity index (χ0v) is 17.2. The van der Waals surface area contributed by atoms with Gasteiger partial charge in [-0.2, -0.15) is 0 Å². The van der Waals surface area contributed by atoms with Crippen LogP contribution in [0.4, 0.5) is 5.69 Å². The Hall–Kier alpha value is -2.38. The number of hydrogen-bond donors (Lipinski definition) is 0. The van der Waals surface area contributed by atoms with E-state index in [0.29, 0.717) is 13.3 Å². The maximum atomic E-state index is 12.9. The molecule has 5 rings (SSSR count). The summed E-state index contributed by atoms with van der Waals surface area (Å²) in [6.45, 7) is 5.94. The standard InChI is InChI=1S/C22H25N3O3S/c26-22(15-25-11-12-29-21-4-2-1-3-18(21)25)24-9-7-23(8-10-24)14-17-5-6-19-20(13-17)28-16-27-19/h1-6,13H,7-12,14-16H2. The van der Waals surface area contributed by atoms with E-state index < -0.39 is 0 Å². The molecule has 0 aromatic heterocycles. The number of para-hydroxylation sites is 1. The molecule has 29 heavy (non-hydrogen) atoms. The van der Waals surface area contributed by atoms with Gasteiger partial charge in [-0.3, -0.25) is 9.69 Å². The molecule has 7 heteroatoms. The van der Waals surface area contributed by atoms with Crippen molar-refractivity contribution >= 4 is 23.4 Å². The first-order valence-corrected chi connectivity index (χ1v) is 11.1. The summed E-state index contributed by atoms with van der Waals surface area (Å²) in [7, 11) is 0. The molecule has 6 nitrogen and oxygen atoms in total. The zero-order valence-electron chi connectivity index (χ0n) is 16.4. The maximum absolute atomic E-state index is 12.9. The van der Waals surface area contributed by atoms with E-state index in [0.717, 1.165) is 56.5 Å². The van der Waals surface area contributed by atoms with Crippen molar-refractivity contribution in [1.29, 1.82) is 0 Å². The Bertz CT molecular complexity index is 899. The molecular formula is C22H25N3O3S. The average molecular weight is 412 g/mol. The van der Waals surface area contributed by atoms with Crippen molar-refractivity contribution < 1.29 is 14.3 Å². The third kappa shape index (κ3) is 4.02. The van der Waals surface area contributed by atoms with Gasteiger partial charge in [0.05, 0.1) is 12.2 Å². The molecule has 3 aliphatic rings. The number of rotatable bonds is 4. The van der Waals surface area contributed by atoms with E-state index >= 15 is 0 Å².